The molecule has 2 bridgehead atoms. The molecule has 2 fully saturated rings. The summed E-state index contributed by atoms with van der Waals surface area (Å²) in [4.78, 5) is 14.4. The molecule has 2 atom stereocenters. The average Bonchev–Trinajstić information content (AvgIpc) is 3.29. The van der Waals surface area contributed by atoms with E-state index in [-0.39, 0.29) is 11.9 Å². The Morgan fingerprint density at radius 2 is 1.92 bits per heavy atom. The largest absolute Gasteiger partial charge is 0.449 e. The lowest BCUT2D eigenvalue weighted by Crippen LogP contribution is -2.40. The molecular weight excluding hydrogens is 351 g/mol. The van der Waals surface area contributed by atoms with Crippen LogP contribution in [0.5, 0.6) is 0 Å². The summed E-state index contributed by atoms with van der Waals surface area (Å²) in [6.07, 6.45) is 4.31. The van der Waals surface area contributed by atoms with Gasteiger partial charge in [0.2, 0.25) is 0 Å². The number of amides is 1. The molecule has 1 amide bonds. The Morgan fingerprint density at radius 1 is 1.19 bits per heavy atom. The fourth-order valence-electron chi connectivity index (χ4n) is 4.01. The third-order valence-electron chi connectivity index (χ3n) is 5.26. The van der Waals surface area contributed by atoms with Crippen molar-refractivity contribution < 1.29 is 13.9 Å². The first-order chi connectivity index (χ1) is 12.7. The van der Waals surface area contributed by atoms with Crippen LogP contribution in [0, 0.1) is 11.7 Å². The van der Waals surface area contributed by atoms with E-state index in [1.807, 2.05) is 17.5 Å². The Kier molecular flexibility index (Phi) is 5.22. The number of ether oxygens (including phenoxy) is 1. The Morgan fingerprint density at radius 3 is 2.58 bits per heavy atom. The molecule has 2 unspecified atom stereocenters. The average molecular weight is 374 g/mol. The fraction of sp³-hybridized carbons (Fsp3) is 0.450. The predicted molar refractivity (Wildman–Crippen MR) is 101 cm³/mol. The molecule has 1 N–H and O–H groups in total. The number of hydrogen-bond donors (Lipinski definition) is 1. The van der Waals surface area contributed by atoms with Crippen LogP contribution in [0.3, 0.4) is 0 Å². The number of piperidine rings is 1. The Bertz CT molecular complexity index is 723. The van der Waals surface area contributed by atoms with Gasteiger partial charge in [-0.05, 0) is 66.8 Å². The van der Waals surface area contributed by atoms with Crippen LogP contribution in [0.2, 0.25) is 0 Å². The zero-order valence-corrected chi connectivity index (χ0v) is 15.4. The van der Waals surface area contributed by atoms with E-state index in [1.165, 1.54) is 36.3 Å². The van der Waals surface area contributed by atoms with E-state index in [9.17, 15) is 9.18 Å². The maximum Gasteiger partial charge on any atom is 0.415 e. The smallest absolute Gasteiger partial charge is 0.415 e. The standard InChI is InChI=1S/C20H23FN2O2S/c21-16-5-3-14(4-6-16)12-23(19-2-1-9-26-19)20(24)25-13-15-10-17-7-8-18(11-15)22-17/h1-6,9,15,17-18,22H,7-8,10-13H2. The van der Waals surface area contributed by atoms with Gasteiger partial charge in [0.1, 0.15) is 10.8 Å². The van der Waals surface area contributed by atoms with Crippen LogP contribution in [0.4, 0.5) is 14.2 Å². The highest BCUT2D eigenvalue weighted by Gasteiger charge is 2.34. The van der Waals surface area contributed by atoms with Crippen LogP contribution in [-0.2, 0) is 11.3 Å². The van der Waals surface area contributed by atoms with Crippen LogP contribution in [0.25, 0.3) is 0 Å². The highest BCUT2D eigenvalue weighted by atomic mass is 32.1. The lowest BCUT2D eigenvalue weighted by atomic mass is 9.93. The maximum absolute atomic E-state index is 13.1. The normalized spacial score (nSPS) is 24.4. The SMILES string of the molecule is O=C(OCC1CC2CCC(C1)N2)N(Cc1ccc(F)cc1)c1cccs1. The zero-order chi connectivity index (χ0) is 17.9. The molecule has 2 aliphatic rings. The minimum Gasteiger partial charge on any atom is -0.449 e. The highest BCUT2D eigenvalue weighted by molar-refractivity contribution is 7.14. The number of halogens is 1. The Balaban J connectivity index is 1.40. The minimum absolute atomic E-state index is 0.278. The second kappa shape index (κ2) is 7.76. The maximum atomic E-state index is 13.1. The van der Waals surface area contributed by atoms with Crippen LogP contribution >= 0.6 is 11.3 Å². The number of carbonyl (C=O) groups excluding carboxylic acids is 1. The number of anilines is 1. The number of hydrogen-bond acceptors (Lipinski definition) is 4. The van der Waals surface area contributed by atoms with E-state index < -0.39 is 0 Å². The molecule has 0 spiro atoms. The molecule has 2 aromatic rings. The first kappa shape index (κ1) is 17.5. The summed E-state index contributed by atoms with van der Waals surface area (Å²) in [6.45, 7) is 0.843. The second-order valence-electron chi connectivity index (χ2n) is 7.22. The minimum atomic E-state index is -0.331. The van der Waals surface area contributed by atoms with Gasteiger partial charge in [0.15, 0.2) is 0 Å². The van der Waals surface area contributed by atoms with Gasteiger partial charge in [-0.3, -0.25) is 4.90 Å². The second-order valence-corrected chi connectivity index (χ2v) is 8.14. The molecule has 2 saturated heterocycles. The van der Waals surface area contributed by atoms with E-state index >= 15 is 0 Å². The summed E-state index contributed by atoms with van der Waals surface area (Å²) in [5, 5.41) is 6.38. The third-order valence-corrected chi connectivity index (χ3v) is 6.15. The molecule has 1 aromatic carbocycles. The summed E-state index contributed by atoms with van der Waals surface area (Å²) in [7, 11) is 0. The van der Waals surface area contributed by atoms with E-state index in [2.05, 4.69) is 5.32 Å². The van der Waals surface area contributed by atoms with Crippen LogP contribution in [0.15, 0.2) is 41.8 Å². The van der Waals surface area contributed by atoms with Gasteiger partial charge in [0.05, 0.1) is 13.2 Å². The third kappa shape index (κ3) is 4.07. The summed E-state index contributed by atoms with van der Waals surface area (Å²) in [5.41, 5.74) is 0.872. The molecular formula is C20H23FN2O2S. The van der Waals surface area contributed by atoms with E-state index in [1.54, 1.807) is 17.0 Å². The number of nitrogens with zero attached hydrogens (tertiary/aromatic N) is 1. The van der Waals surface area contributed by atoms with Crippen molar-refractivity contribution in [2.24, 2.45) is 5.92 Å². The van der Waals surface area contributed by atoms with Crippen molar-refractivity contribution >= 4 is 22.4 Å². The van der Waals surface area contributed by atoms with Gasteiger partial charge in [0, 0.05) is 12.1 Å². The van der Waals surface area contributed by atoms with E-state index in [4.69, 9.17) is 4.74 Å². The van der Waals surface area contributed by atoms with Crippen molar-refractivity contribution in [2.75, 3.05) is 11.5 Å². The van der Waals surface area contributed by atoms with Crippen molar-refractivity contribution in [3.8, 4) is 0 Å². The van der Waals surface area contributed by atoms with Crippen molar-refractivity contribution in [3.63, 3.8) is 0 Å². The fourth-order valence-corrected chi connectivity index (χ4v) is 4.73. The van der Waals surface area contributed by atoms with Crippen LogP contribution in [0.1, 0.15) is 31.2 Å². The van der Waals surface area contributed by atoms with Gasteiger partial charge in [-0.2, -0.15) is 0 Å². The van der Waals surface area contributed by atoms with E-state index in [0.29, 0.717) is 31.2 Å². The van der Waals surface area contributed by atoms with Gasteiger partial charge >= 0.3 is 6.09 Å². The van der Waals surface area contributed by atoms with Gasteiger partial charge < -0.3 is 10.1 Å². The zero-order valence-electron chi connectivity index (χ0n) is 14.6. The monoisotopic (exact) mass is 374 g/mol. The molecule has 0 radical (unpaired) electrons. The van der Waals surface area contributed by atoms with Gasteiger partial charge in [-0.25, -0.2) is 9.18 Å². The van der Waals surface area contributed by atoms with Crippen molar-refractivity contribution in [3.05, 3.63) is 53.2 Å². The topological polar surface area (TPSA) is 41.6 Å². The first-order valence-corrected chi connectivity index (χ1v) is 10.0. The molecule has 2 aliphatic heterocycles. The first-order valence-electron chi connectivity index (χ1n) is 9.15. The van der Waals surface area contributed by atoms with Crippen molar-refractivity contribution in [1.29, 1.82) is 0 Å². The quantitative estimate of drug-likeness (QED) is 0.834. The summed E-state index contributed by atoms with van der Waals surface area (Å²) in [5.74, 6) is 0.160. The van der Waals surface area contributed by atoms with Crippen molar-refractivity contribution in [2.45, 2.75) is 44.3 Å². The number of nitrogens with one attached hydrogen (secondary N) is 1. The molecule has 0 aliphatic carbocycles. The number of fused-ring (bicyclic) bond motifs is 2. The van der Waals surface area contributed by atoms with E-state index in [0.717, 1.165) is 23.4 Å². The summed E-state index contributed by atoms with van der Waals surface area (Å²) >= 11 is 1.49. The van der Waals surface area contributed by atoms with Gasteiger partial charge in [-0.1, -0.05) is 12.1 Å². The van der Waals surface area contributed by atoms with Crippen molar-refractivity contribution in [1.82, 2.24) is 5.32 Å². The number of carbonyl (C=O) groups is 1. The lowest BCUT2D eigenvalue weighted by molar-refractivity contribution is 0.116. The predicted octanol–water partition coefficient (Wildman–Crippen LogP) is 4.56. The Labute approximate surface area is 157 Å². The highest BCUT2D eigenvalue weighted by Crippen LogP contribution is 2.31. The summed E-state index contributed by atoms with van der Waals surface area (Å²) in [6, 6.07) is 11.2. The molecule has 0 saturated carbocycles. The van der Waals surface area contributed by atoms with Crippen LogP contribution in [-0.4, -0.2) is 24.8 Å². The molecule has 138 valence electrons. The van der Waals surface area contributed by atoms with Gasteiger partial charge in [-0.15, -0.1) is 11.3 Å². The van der Waals surface area contributed by atoms with Crippen LogP contribution < -0.4 is 10.2 Å². The molecule has 4 nitrogen and oxygen atoms in total. The molecule has 3 heterocycles. The number of benzene rings is 1. The van der Waals surface area contributed by atoms with Gasteiger partial charge in [0.25, 0.3) is 0 Å². The molecule has 6 heteroatoms. The molecule has 26 heavy (non-hydrogen) atoms. The summed E-state index contributed by atoms with van der Waals surface area (Å²) < 4.78 is 18.8. The lowest BCUT2D eigenvalue weighted by Gasteiger charge is -2.29. The number of thiophene rings is 1. The number of rotatable bonds is 5. The Hall–Kier alpha value is -1.92. The molecule has 1 aromatic heterocycles. The molecule has 4 rings (SSSR count).